The molecule has 3 saturated heterocycles. The first-order chi connectivity index (χ1) is 11.2. The van der Waals surface area contributed by atoms with E-state index in [9.17, 15) is 9.59 Å². The van der Waals surface area contributed by atoms with Crippen LogP contribution in [0.4, 0.5) is 0 Å². The fourth-order valence-electron chi connectivity index (χ4n) is 5.42. The first kappa shape index (κ1) is 15.4. The lowest BCUT2D eigenvalue weighted by atomic mass is 9.67. The van der Waals surface area contributed by atoms with Gasteiger partial charge in [0, 0.05) is 38.6 Å². The van der Waals surface area contributed by atoms with Gasteiger partial charge < -0.3 is 15.1 Å². The zero-order valence-corrected chi connectivity index (χ0v) is 14.1. The molecule has 1 N–H and O–H groups in total. The Morgan fingerprint density at radius 2 is 1.91 bits per heavy atom. The monoisotopic (exact) mass is 319 g/mol. The number of nitrogens with one attached hydrogen (secondary N) is 1. The number of rotatable bonds is 2. The minimum atomic E-state index is -0.117. The summed E-state index contributed by atoms with van der Waals surface area (Å²) in [6.07, 6.45) is 8.40. The van der Waals surface area contributed by atoms with Crippen molar-refractivity contribution in [3.05, 3.63) is 0 Å². The van der Waals surface area contributed by atoms with E-state index in [1.807, 2.05) is 0 Å². The van der Waals surface area contributed by atoms with Gasteiger partial charge in [-0.1, -0.05) is 12.8 Å². The number of nitrogens with zero attached hydrogens (tertiary/aromatic N) is 2. The van der Waals surface area contributed by atoms with Crippen molar-refractivity contribution in [1.82, 2.24) is 15.1 Å². The van der Waals surface area contributed by atoms with Crippen molar-refractivity contribution in [2.75, 3.05) is 32.7 Å². The van der Waals surface area contributed by atoms with Crippen LogP contribution in [0.15, 0.2) is 0 Å². The Labute approximate surface area is 138 Å². The predicted molar refractivity (Wildman–Crippen MR) is 87.8 cm³/mol. The van der Waals surface area contributed by atoms with Gasteiger partial charge in [0.1, 0.15) is 0 Å². The number of piperidine rings is 1. The SMILES string of the molecule is O=C1CCCN1C1CCN(C(=O)[C@@]23CCCC[C@H]2CNC3)CC1. The summed E-state index contributed by atoms with van der Waals surface area (Å²) in [4.78, 5) is 29.4. The van der Waals surface area contributed by atoms with Gasteiger partial charge in [-0.3, -0.25) is 9.59 Å². The molecule has 2 atom stereocenters. The number of amides is 2. The van der Waals surface area contributed by atoms with Crippen LogP contribution in [0.2, 0.25) is 0 Å². The van der Waals surface area contributed by atoms with E-state index < -0.39 is 0 Å². The topological polar surface area (TPSA) is 52.7 Å². The van der Waals surface area contributed by atoms with Crippen molar-refractivity contribution < 1.29 is 9.59 Å². The second kappa shape index (κ2) is 6.08. The molecule has 0 aromatic carbocycles. The average Bonchev–Trinajstić information content (AvgIpc) is 3.21. The first-order valence-electron chi connectivity index (χ1n) is 9.50. The molecule has 5 nitrogen and oxygen atoms in total. The molecule has 0 aromatic rings. The van der Waals surface area contributed by atoms with E-state index in [2.05, 4.69) is 15.1 Å². The van der Waals surface area contributed by atoms with Crippen LogP contribution < -0.4 is 5.32 Å². The van der Waals surface area contributed by atoms with E-state index in [0.717, 1.165) is 64.8 Å². The highest BCUT2D eigenvalue weighted by atomic mass is 16.2. The first-order valence-corrected chi connectivity index (χ1v) is 9.50. The third-order valence-corrected chi connectivity index (χ3v) is 6.77. The lowest BCUT2D eigenvalue weighted by Crippen LogP contribution is -2.54. The Balaban J connectivity index is 1.40. The molecule has 2 amide bonds. The molecule has 1 saturated carbocycles. The Hall–Kier alpha value is -1.10. The molecule has 128 valence electrons. The summed E-state index contributed by atoms with van der Waals surface area (Å²) in [5, 5.41) is 3.48. The number of carbonyl (C=O) groups is 2. The molecule has 3 heterocycles. The Kier molecular flexibility index (Phi) is 4.08. The molecule has 0 bridgehead atoms. The highest BCUT2D eigenvalue weighted by Crippen LogP contribution is 2.45. The number of likely N-dealkylation sites (tertiary alicyclic amines) is 2. The van der Waals surface area contributed by atoms with Crippen molar-refractivity contribution in [2.24, 2.45) is 11.3 Å². The summed E-state index contributed by atoms with van der Waals surface area (Å²) >= 11 is 0. The van der Waals surface area contributed by atoms with Gasteiger partial charge in [0.25, 0.3) is 0 Å². The molecule has 23 heavy (non-hydrogen) atoms. The van der Waals surface area contributed by atoms with Crippen LogP contribution in [0, 0.1) is 11.3 Å². The fourth-order valence-corrected chi connectivity index (χ4v) is 5.42. The van der Waals surface area contributed by atoms with Crippen LogP contribution >= 0.6 is 0 Å². The quantitative estimate of drug-likeness (QED) is 0.836. The largest absolute Gasteiger partial charge is 0.342 e. The molecule has 3 aliphatic heterocycles. The van der Waals surface area contributed by atoms with Gasteiger partial charge in [-0.15, -0.1) is 0 Å². The van der Waals surface area contributed by atoms with Gasteiger partial charge in [-0.25, -0.2) is 0 Å². The standard InChI is InChI=1S/C18H29N3O2/c22-16-5-3-9-21(16)15-6-10-20(11-7-15)17(23)18-8-2-1-4-14(18)12-19-13-18/h14-15,19H,1-13H2/t14-,18+/m0/s1. The van der Waals surface area contributed by atoms with Crippen LogP contribution in [-0.4, -0.2) is 60.4 Å². The fraction of sp³-hybridized carbons (Fsp3) is 0.889. The molecule has 1 aliphatic carbocycles. The molecule has 5 heteroatoms. The summed E-state index contributed by atoms with van der Waals surface area (Å²) in [5.41, 5.74) is -0.117. The van der Waals surface area contributed by atoms with Crippen molar-refractivity contribution in [2.45, 2.75) is 57.4 Å². The molecule has 4 rings (SSSR count). The summed E-state index contributed by atoms with van der Waals surface area (Å²) in [5.74, 6) is 1.26. The summed E-state index contributed by atoms with van der Waals surface area (Å²) in [6, 6.07) is 0.371. The lowest BCUT2D eigenvalue weighted by Gasteiger charge is -2.44. The third kappa shape index (κ3) is 2.57. The van der Waals surface area contributed by atoms with E-state index in [0.29, 0.717) is 23.8 Å². The van der Waals surface area contributed by atoms with Gasteiger partial charge in [0.05, 0.1) is 5.41 Å². The van der Waals surface area contributed by atoms with E-state index >= 15 is 0 Å². The average molecular weight is 319 g/mol. The van der Waals surface area contributed by atoms with E-state index in [4.69, 9.17) is 0 Å². The van der Waals surface area contributed by atoms with Crippen molar-refractivity contribution >= 4 is 11.8 Å². The molecule has 0 aromatic heterocycles. The number of hydrogen-bond acceptors (Lipinski definition) is 3. The van der Waals surface area contributed by atoms with Gasteiger partial charge in [-0.2, -0.15) is 0 Å². The van der Waals surface area contributed by atoms with Gasteiger partial charge in [0.15, 0.2) is 0 Å². The minimum Gasteiger partial charge on any atom is -0.342 e. The summed E-state index contributed by atoms with van der Waals surface area (Å²) < 4.78 is 0. The van der Waals surface area contributed by atoms with Crippen LogP contribution in [0.1, 0.15) is 51.4 Å². The highest BCUT2D eigenvalue weighted by molar-refractivity contribution is 5.84. The predicted octanol–water partition coefficient (Wildman–Crippen LogP) is 1.38. The Bertz CT molecular complexity index is 487. The lowest BCUT2D eigenvalue weighted by molar-refractivity contribution is -0.147. The second-order valence-corrected chi connectivity index (χ2v) is 7.94. The maximum absolute atomic E-state index is 13.3. The van der Waals surface area contributed by atoms with Crippen LogP contribution in [0.3, 0.4) is 0 Å². The molecule has 0 unspecified atom stereocenters. The van der Waals surface area contributed by atoms with Gasteiger partial charge in [0.2, 0.25) is 11.8 Å². The highest BCUT2D eigenvalue weighted by Gasteiger charge is 2.51. The normalized spacial score (nSPS) is 35.7. The van der Waals surface area contributed by atoms with E-state index in [-0.39, 0.29) is 5.41 Å². The smallest absolute Gasteiger partial charge is 0.230 e. The maximum Gasteiger partial charge on any atom is 0.230 e. The number of carbonyl (C=O) groups excluding carboxylic acids is 2. The maximum atomic E-state index is 13.3. The molecule has 4 aliphatic rings. The zero-order chi connectivity index (χ0) is 15.9. The van der Waals surface area contributed by atoms with E-state index in [1.165, 1.54) is 19.3 Å². The molecule has 4 fully saturated rings. The molecule has 0 spiro atoms. The second-order valence-electron chi connectivity index (χ2n) is 7.94. The molecule has 0 radical (unpaired) electrons. The van der Waals surface area contributed by atoms with Crippen LogP contribution in [0.25, 0.3) is 0 Å². The summed E-state index contributed by atoms with van der Waals surface area (Å²) in [6.45, 7) is 4.49. The van der Waals surface area contributed by atoms with Crippen molar-refractivity contribution in [1.29, 1.82) is 0 Å². The van der Waals surface area contributed by atoms with Crippen molar-refractivity contribution in [3.8, 4) is 0 Å². The number of hydrogen-bond donors (Lipinski definition) is 1. The number of fused-ring (bicyclic) bond motifs is 1. The zero-order valence-electron chi connectivity index (χ0n) is 14.1. The summed E-state index contributed by atoms with van der Waals surface area (Å²) in [7, 11) is 0. The van der Waals surface area contributed by atoms with Crippen LogP contribution in [0.5, 0.6) is 0 Å². The molecular weight excluding hydrogens is 290 g/mol. The van der Waals surface area contributed by atoms with Gasteiger partial charge >= 0.3 is 0 Å². The van der Waals surface area contributed by atoms with Crippen LogP contribution in [-0.2, 0) is 9.59 Å². The minimum absolute atomic E-state index is 0.117. The van der Waals surface area contributed by atoms with E-state index in [1.54, 1.807) is 0 Å². The third-order valence-electron chi connectivity index (χ3n) is 6.77. The Morgan fingerprint density at radius 1 is 1.09 bits per heavy atom. The Morgan fingerprint density at radius 3 is 2.65 bits per heavy atom. The van der Waals surface area contributed by atoms with Gasteiger partial charge in [-0.05, 0) is 44.6 Å². The molecular formula is C18H29N3O2. The van der Waals surface area contributed by atoms with Crippen molar-refractivity contribution in [3.63, 3.8) is 0 Å².